The van der Waals surface area contributed by atoms with E-state index in [0.29, 0.717) is 6.42 Å². The molecule has 0 spiro atoms. The Hall–Kier alpha value is -2.55. The normalized spacial score (nSPS) is 11.4. The van der Waals surface area contributed by atoms with Crippen LogP contribution in [0.2, 0.25) is 0 Å². The van der Waals surface area contributed by atoms with E-state index >= 15 is 0 Å². The lowest BCUT2D eigenvalue weighted by atomic mass is 10.2. The Bertz CT molecular complexity index is 1060. The van der Waals surface area contributed by atoms with Gasteiger partial charge in [0.1, 0.15) is 5.82 Å². The highest BCUT2D eigenvalue weighted by Gasteiger charge is 2.15. The third-order valence-electron chi connectivity index (χ3n) is 4.04. The van der Waals surface area contributed by atoms with Crippen LogP contribution in [-0.4, -0.2) is 20.9 Å². The number of carbonyl (C=O) groups excluding carboxylic acids is 1. The summed E-state index contributed by atoms with van der Waals surface area (Å²) in [7, 11) is -3.66. The van der Waals surface area contributed by atoms with Crippen molar-refractivity contribution in [3.63, 3.8) is 0 Å². The molecule has 1 heterocycles. The summed E-state index contributed by atoms with van der Waals surface area (Å²) in [5.74, 6) is -1.04. The standard InChI is InChI=1S/C20H19FN2O3S2/c1-14-4-9-19(18(21)13-14)23-20(24)15-5-7-17(8-6-15)28(25,26)22-11-10-16-3-2-12-27-16/h2-9,12-13,22H,10-11H2,1H3,(H,23,24). The van der Waals surface area contributed by atoms with Crippen molar-refractivity contribution in [3.8, 4) is 0 Å². The van der Waals surface area contributed by atoms with Gasteiger partial charge in [-0.3, -0.25) is 4.79 Å². The lowest BCUT2D eigenvalue weighted by molar-refractivity contribution is 0.102. The quantitative estimate of drug-likeness (QED) is 0.610. The van der Waals surface area contributed by atoms with E-state index in [1.165, 1.54) is 36.4 Å². The van der Waals surface area contributed by atoms with E-state index in [1.807, 2.05) is 17.5 Å². The Kier molecular flexibility index (Phi) is 6.23. The third kappa shape index (κ3) is 5.03. The van der Waals surface area contributed by atoms with Gasteiger partial charge in [0.25, 0.3) is 5.91 Å². The van der Waals surface area contributed by atoms with E-state index in [0.717, 1.165) is 10.4 Å². The van der Waals surface area contributed by atoms with Gasteiger partial charge in [-0.1, -0.05) is 12.1 Å². The zero-order valence-corrected chi connectivity index (χ0v) is 16.7. The molecule has 2 N–H and O–H groups in total. The Balaban J connectivity index is 1.63. The number of nitrogens with one attached hydrogen (secondary N) is 2. The van der Waals surface area contributed by atoms with Crippen molar-refractivity contribution in [2.45, 2.75) is 18.2 Å². The summed E-state index contributed by atoms with van der Waals surface area (Å²) in [5, 5.41) is 4.42. The minimum Gasteiger partial charge on any atom is -0.319 e. The molecule has 8 heteroatoms. The SMILES string of the molecule is Cc1ccc(NC(=O)c2ccc(S(=O)(=O)NCCc3cccs3)cc2)c(F)c1. The summed E-state index contributed by atoms with van der Waals surface area (Å²) >= 11 is 1.57. The van der Waals surface area contributed by atoms with Gasteiger partial charge in [-0.15, -0.1) is 11.3 Å². The first-order valence-corrected chi connectivity index (χ1v) is 10.9. The van der Waals surface area contributed by atoms with E-state index in [9.17, 15) is 17.6 Å². The predicted molar refractivity (Wildman–Crippen MR) is 109 cm³/mol. The summed E-state index contributed by atoms with van der Waals surface area (Å²) in [6.45, 7) is 2.04. The molecule has 0 fully saturated rings. The fourth-order valence-electron chi connectivity index (χ4n) is 2.55. The molecule has 0 aliphatic carbocycles. The molecule has 1 aromatic heterocycles. The molecule has 5 nitrogen and oxygen atoms in total. The van der Waals surface area contributed by atoms with Crippen LogP contribution in [0.1, 0.15) is 20.8 Å². The first-order valence-electron chi connectivity index (χ1n) is 8.55. The molecule has 146 valence electrons. The number of benzene rings is 2. The van der Waals surface area contributed by atoms with Crippen LogP contribution in [0.15, 0.2) is 64.9 Å². The molecule has 0 bridgehead atoms. The van der Waals surface area contributed by atoms with Gasteiger partial charge in [-0.2, -0.15) is 0 Å². The number of amides is 1. The van der Waals surface area contributed by atoms with Gasteiger partial charge in [-0.25, -0.2) is 17.5 Å². The number of carbonyl (C=O) groups is 1. The molecule has 0 radical (unpaired) electrons. The summed E-state index contributed by atoms with van der Waals surface area (Å²) in [6, 6.07) is 13.9. The zero-order chi connectivity index (χ0) is 20.1. The van der Waals surface area contributed by atoms with Gasteiger partial charge < -0.3 is 5.32 Å². The predicted octanol–water partition coefficient (Wildman–Crippen LogP) is 3.97. The first-order chi connectivity index (χ1) is 13.3. The largest absolute Gasteiger partial charge is 0.319 e. The van der Waals surface area contributed by atoms with Gasteiger partial charge >= 0.3 is 0 Å². The number of sulfonamides is 1. The van der Waals surface area contributed by atoms with Crippen LogP contribution in [0.3, 0.4) is 0 Å². The first kappa shape index (κ1) is 20.2. The summed E-state index contributed by atoms with van der Waals surface area (Å²) in [5.41, 5.74) is 1.05. The van der Waals surface area contributed by atoms with Crippen LogP contribution in [-0.2, 0) is 16.4 Å². The van der Waals surface area contributed by atoms with Gasteiger partial charge in [0, 0.05) is 17.0 Å². The Morgan fingerprint density at radius 1 is 1.11 bits per heavy atom. The van der Waals surface area contributed by atoms with Crippen molar-refractivity contribution in [3.05, 3.63) is 81.8 Å². The lowest BCUT2D eigenvalue weighted by Crippen LogP contribution is -2.26. The Morgan fingerprint density at radius 2 is 1.86 bits per heavy atom. The van der Waals surface area contributed by atoms with Crippen molar-refractivity contribution >= 4 is 33.0 Å². The molecule has 28 heavy (non-hydrogen) atoms. The van der Waals surface area contributed by atoms with Gasteiger partial charge in [0.15, 0.2) is 0 Å². The number of anilines is 1. The summed E-state index contributed by atoms with van der Waals surface area (Å²) < 4.78 is 41.1. The minimum absolute atomic E-state index is 0.0664. The summed E-state index contributed by atoms with van der Waals surface area (Å²) in [6.07, 6.45) is 0.611. The van der Waals surface area contributed by atoms with Crippen molar-refractivity contribution in [2.75, 3.05) is 11.9 Å². The number of hydrogen-bond acceptors (Lipinski definition) is 4. The molecule has 0 saturated carbocycles. The minimum atomic E-state index is -3.66. The average Bonchev–Trinajstić information content (AvgIpc) is 3.17. The molecule has 2 aromatic carbocycles. The van der Waals surface area contributed by atoms with Crippen LogP contribution in [0.4, 0.5) is 10.1 Å². The number of aryl methyl sites for hydroxylation is 1. The number of halogens is 1. The van der Waals surface area contributed by atoms with E-state index in [-0.39, 0.29) is 22.7 Å². The van der Waals surface area contributed by atoms with Gasteiger partial charge in [0.2, 0.25) is 10.0 Å². The highest BCUT2D eigenvalue weighted by Crippen LogP contribution is 2.17. The van der Waals surface area contributed by atoms with Gasteiger partial charge in [0.05, 0.1) is 10.6 Å². The number of hydrogen-bond donors (Lipinski definition) is 2. The van der Waals surface area contributed by atoms with Crippen molar-refractivity contribution in [1.29, 1.82) is 0 Å². The Morgan fingerprint density at radius 3 is 2.50 bits per heavy atom. The monoisotopic (exact) mass is 418 g/mol. The van der Waals surface area contributed by atoms with Crippen molar-refractivity contribution in [1.82, 2.24) is 4.72 Å². The average molecular weight is 419 g/mol. The molecule has 0 atom stereocenters. The molecule has 1 amide bonds. The van der Waals surface area contributed by atoms with E-state index in [1.54, 1.807) is 24.3 Å². The molecule has 3 rings (SSSR count). The smallest absolute Gasteiger partial charge is 0.255 e. The third-order valence-corrected chi connectivity index (χ3v) is 6.46. The molecular formula is C20H19FN2O3S2. The van der Waals surface area contributed by atoms with Gasteiger partial charge in [-0.05, 0) is 66.8 Å². The van der Waals surface area contributed by atoms with Crippen LogP contribution >= 0.6 is 11.3 Å². The molecule has 0 unspecified atom stereocenters. The fourth-order valence-corrected chi connectivity index (χ4v) is 4.29. The van der Waals surface area contributed by atoms with Crippen molar-refractivity contribution in [2.24, 2.45) is 0 Å². The maximum atomic E-state index is 13.9. The second kappa shape index (κ2) is 8.64. The molecule has 0 aliphatic rings. The molecule has 3 aromatic rings. The van der Waals surface area contributed by atoms with E-state index in [4.69, 9.17) is 0 Å². The second-order valence-electron chi connectivity index (χ2n) is 6.19. The summed E-state index contributed by atoms with van der Waals surface area (Å²) in [4.78, 5) is 13.4. The Labute approximate surface area is 167 Å². The maximum Gasteiger partial charge on any atom is 0.255 e. The molecular weight excluding hydrogens is 399 g/mol. The fraction of sp³-hybridized carbons (Fsp3) is 0.150. The van der Waals surface area contributed by atoms with E-state index < -0.39 is 21.7 Å². The zero-order valence-electron chi connectivity index (χ0n) is 15.1. The van der Waals surface area contributed by atoms with Crippen molar-refractivity contribution < 1.29 is 17.6 Å². The van der Waals surface area contributed by atoms with Crippen LogP contribution < -0.4 is 10.0 Å². The highest BCUT2D eigenvalue weighted by molar-refractivity contribution is 7.89. The van der Waals surface area contributed by atoms with Crippen LogP contribution in [0.25, 0.3) is 0 Å². The lowest BCUT2D eigenvalue weighted by Gasteiger charge is -2.09. The van der Waals surface area contributed by atoms with Crippen LogP contribution in [0.5, 0.6) is 0 Å². The van der Waals surface area contributed by atoms with E-state index in [2.05, 4.69) is 10.0 Å². The maximum absolute atomic E-state index is 13.9. The highest BCUT2D eigenvalue weighted by atomic mass is 32.2. The second-order valence-corrected chi connectivity index (χ2v) is 8.99. The number of rotatable bonds is 7. The van der Waals surface area contributed by atoms with Crippen LogP contribution in [0, 0.1) is 12.7 Å². The number of thiophene rings is 1. The molecule has 0 aliphatic heterocycles. The molecule has 0 saturated heterocycles. The topological polar surface area (TPSA) is 75.3 Å².